The number of hydrogen-bond acceptors (Lipinski definition) is 2. The fourth-order valence-electron chi connectivity index (χ4n) is 1.90. The van der Waals surface area contributed by atoms with Gasteiger partial charge in [-0.3, -0.25) is 0 Å². The van der Waals surface area contributed by atoms with Gasteiger partial charge >= 0.3 is 0 Å². The van der Waals surface area contributed by atoms with Gasteiger partial charge in [-0.25, -0.2) is 0 Å². The van der Waals surface area contributed by atoms with Gasteiger partial charge < -0.3 is 5.11 Å². The lowest BCUT2D eigenvalue weighted by atomic mass is 10.0. The first-order chi connectivity index (χ1) is 9.08. The predicted molar refractivity (Wildman–Crippen MR) is 92.4 cm³/mol. The minimum Gasteiger partial charge on any atom is -0.508 e. The molecule has 1 unspecified atom stereocenters. The summed E-state index contributed by atoms with van der Waals surface area (Å²) in [6.45, 7) is 8.06. The average Bonchev–Trinajstić information content (AvgIpc) is 2.25. The first-order valence-electron chi connectivity index (χ1n) is 6.86. The van der Waals surface area contributed by atoms with Crippen LogP contribution in [-0.4, -0.2) is 20.6 Å². The second-order valence-electron chi connectivity index (χ2n) is 6.31. The highest BCUT2D eigenvalue weighted by Gasteiger charge is 2.25. The number of phenols is 1. The van der Waals surface area contributed by atoms with Crippen LogP contribution in [0.4, 0.5) is 0 Å². The molecule has 1 nitrogen and oxygen atoms in total. The second-order valence-corrected chi connectivity index (χ2v) is 9.67. The van der Waals surface area contributed by atoms with E-state index in [9.17, 15) is 5.11 Å². The molecule has 0 radical (unpaired) electrons. The highest BCUT2D eigenvalue weighted by Crippen LogP contribution is 2.42. The summed E-state index contributed by atoms with van der Waals surface area (Å²) >= 11 is 14.4. The van der Waals surface area contributed by atoms with Crippen LogP contribution in [0.3, 0.4) is 0 Å². The minimum absolute atomic E-state index is 0.183. The first kappa shape index (κ1) is 18.0. The van der Waals surface area contributed by atoms with E-state index in [1.54, 1.807) is 6.07 Å². The zero-order chi connectivity index (χ0) is 15.4. The highest BCUT2D eigenvalue weighted by molar-refractivity contribution is 7.99. The van der Waals surface area contributed by atoms with Crippen LogP contribution in [0, 0.1) is 0 Å². The smallest absolute Gasteiger partial charge is 0.119 e. The van der Waals surface area contributed by atoms with Crippen LogP contribution in [0.1, 0.15) is 51.3 Å². The molecule has 0 saturated carbocycles. The van der Waals surface area contributed by atoms with E-state index in [-0.39, 0.29) is 15.0 Å². The lowest BCUT2D eigenvalue weighted by Crippen LogP contribution is -2.16. The summed E-state index contributed by atoms with van der Waals surface area (Å²) in [6.07, 6.45) is 1.73. The summed E-state index contributed by atoms with van der Waals surface area (Å²) in [4.78, 5) is -0.483. The van der Waals surface area contributed by atoms with Crippen molar-refractivity contribution in [3.63, 3.8) is 0 Å². The van der Waals surface area contributed by atoms with Crippen LogP contribution in [-0.2, 0) is 0 Å². The van der Waals surface area contributed by atoms with Gasteiger partial charge in [0, 0.05) is 20.6 Å². The van der Waals surface area contributed by atoms with E-state index in [2.05, 4.69) is 0 Å². The molecule has 114 valence electrons. The number of alkyl halides is 2. The second kappa shape index (κ2) is 7.29. The standard InChI is InChI=1S/C16H24Cl2OS/c1-15(2,17)9-10-20-14(11-16(3,4)18)12-7-5-6-8-13(12)19/h5-8,14,19H,9-11H2,1-4H3. The molecule has 1 N–H and O–H groups in total. The third kappa shape index (κ3) is 7.10. The van der Waals surface area contributed by atoms with Crippen molar-refractivity contribution in [3.8, 4) is 5.75 Å². The van der Waals surface area contributed by atoms with E-state index < -0.39 is 0 Å². The Morgan fingerprint density at radius 2 is 1.70 bits per heavy atom. The lowest BCUT2D eigenvalue weighted by molar-refractivity contribution is 0.464. The average molecular weight is 335 g/mol. The topological polar surface area (TPSA) is 20.2 Å². The number of thioether (sulfide) groups is 1. The van der Waals surface area contributed by atoms with Crippen molar-refractivity contribution in [2.75, 3.05) is 5.75 Å². The molecule has 0 amide bonds. The molecule has 20 heavy (non-hydrogen) atoms. The van der Waals surface area contributed by atoms with Gasteiger partial charge in [-0.1, -0.05) is 18.2 Å². The van der Waals surface area contributed by atoms with E-state index in [0.717, 1.165) is 24.2 Å². The van der Waals surface area contributed by atoms with Gasteiger partial charge in [-0.2, -0.15) is 11.8 Å². The molecule has 0 spiro atoms. The molecule has 0 aliphatic heterocycles. The van der Waals surface area contributed by atoms with Crippen molar-refractivity contribution >= 4 is 35.0 Å². The molecule has 0 aliphatic carbocycles. The maximum Gasteiger partial charge on any atom is 0.119 e. The van der Waals surface area contributed by atoms with Crippen molar-refractivity contribution in [1.29, 1.82) is 0 Å². The fraction of sp³-hybridized carbons (Fsp3) is 0.625. The molecule has 1 aromatic carbocycles. The molecule has 0 aliphatic rings. The lowest BCUT2D eigenvalue weighted by Gasteiger charge is -2.26. The molecule has 0 bridgehead atoms. The van der Waals surface area contributed by atoms with Gasteiger partial charge in [0.25, 0.3) is 0 Å². The molecule has 0 fully saturated rings. The molecule has 0 saturated heterocycles. The molecular weight excluding hydrogens is 311 g/mol. The summed E-state index contributed by atoms with van der Waals surface area (Å²) in [7, 11) is 0. The Bertz CT molecular complexity index is 421. The van der Waals surface area contributed by atoms with Gasteiger partial charge in [-0.05, 0) is 52.4 Å². The van der Waals surface area contributed by atoms with E-state index in [4.69, 9.17) is 23.2 Å². The minimum atomic E-state index is -0.295. The summed E-state index contributed by atoms with van der Waals surface area (Å²) in [5.41, 5.74) is 0.957. The first-order valence-corrected chi connectivity index (χ1v) is 8.66. The Balaban J connectivity index is 2.79. The van der Waals surface area contributed by atoms with Crippen LogP contribution >= 0.6 is 35.0 Å². The van der Waals surface area contributed by atoms with Crippen LogP contribution in [0.25, 0.3) is 0 Å². The molecular formula is C16H24Cl2OS. The van der Waals surface area contributed by atoms with Crippen LogP contribution in [0.5, 0.6) is 5.75 Å². The van der Waals surface area contributed by atoms with Crippen molar-refractivity contribution in [3.05, 3.63) is 29.8 Å². The van der Waals surface area contributed by atoms with E-state index in [1.807, 2.05) is 57.7 Å². The van der Waals surface area contributed by atoms with Gasteiger partial charge in [-0.15, -0.1) is 23.2 Å². The monoisotopic (exact) mass is 334 g/mol. The molecule has 1 atom stereocenters. The Hall–Kier alpha value is -0.0500. The molecule has 0 aromatic heterocycles. The number of rotatable bonds is 7. The Kier molecular flexibility index (Phi) is 6.56. The Morgan fingerprint density at radius 3 is 2.20 bits per heavy atom. The van der Waals surface area contributed by atoms with Crippen LogP contribution in [0.15, 0.2) is 24.3 Å². The van der Waals surface area contributed by atoms with Crippen LogP contribution < -0.4 is 0 Å². The van der Waals surface area contributed by atoms with Gasteiger partial charge in [0.1, 0.15) is 5.75 Å². The van der Waals surface area contributed by atoms with Crippen molar-refractivity contribution < 1.29 is 5.11 Å². The highest BCUT2D eigenvalue weighted by atomic mass is 35.5. The SMILES string of the molecule is CC(C)(Cl)CCSC(CC(C)(C)Cl)c1ccccc1O. The summed E-state index contributed by atoms with van der Waals surface area (Å²) in [5, 5.41) is 10.2. The van der Waals surface area contributed by atoms with E-state index in [1.165, 1.54) is 0 Å². The zero-order valence-electron chi connectivity index (χ0n) is 12.6. The van der Waals surface area contributed by atoms with Gasteiger partial charge in [0.2, 0.25) is 0 Å². The predicted octanol–water partition coefficient (Wildman–Crippen LogP) is 5.98. The van der Waals surface area contributed by atoms with Gasteiger partial charge in [0.15, 0.2) is 0 Å². The summed E-state index contributed by atoms with van der Waals surface area (Å²) in [6, 6.07) is 7.50. The van der Waals surface area contributed by atoms with Gasteiger partial charge in [0.05, 0.1) is 0 Å². The number of aromatic hydroxyl groups is 1. The number of para-hydroxylation sites is 1. The van der Waals surface area contributed by atoms with Crippen molar-refractivity contribution in [2.45, 2.75) is 55.5 Å². The molecule has 1 aromatic rings. The van der Waals surface area contributed by atoms with E-state index >= 15 is 0 Å². The Morgan fingerprint density at radius 1 is 1.10 bits per heavy atom. The van der Waals surface area contributed by atoms with Crippen molar-refractivity contribution in [2.24, 2.45) is 0 Å². The van der Waals surface area contributed by atoms with Crippen LogP contribution in [0.2, 0.25) is 0 Å². The maximum atomic E-state index is 10.1. The van der Waals surface area contributed by atoms with E-state index in [0.29, 0.717) is 5.75 Å². The normalized spacial score (nSPS) is 14.3. The zero-order valence-corrected chi connectivity index (χ0v) is 14.9. The number of benzene rings is 1. The fourth-order valence-corrected chi connectivity index (χ4v) is 4.18. The maximum absolute atomic E-state index is 10.1. The number of hydrogen-bond donors (Lipinski definition) is 1. The third-order valence-electron chi connectivity index (χ3n) is 2.97. The summed E-state index contributed by atoms with van der Waals surface area (Å²) in [5.74, 6) is 1.29. The Labute approximate surface area is 137 Å². The number of halogens is 2. The van der Waals surface area contributed by atoms with Crippen molar-refractivity contribution in [1.82, 2.24) is 0 Å². The largest absolute Gasteiger partial charge is 0.508 e. The molecule has 1 rings (SSSR count). The summed E-state index contributed by atoms with van der Waals surface area (Å²) < 4.78 is 0. The molecule has 0 heterocycles. The molecule has 4 heteroatoms. The quantitative estimate of drug-likeness (QED) is 0.618. The number of phenolic OH excluding ortho intramolecular Hbond substituents is 1. The third-order valence-corrected chi connectivity index (χ3v) is 4.58.